The Hall–Kier alpha value is -2.12. The van der Waals surface area contributed by atoms with Crippen molar-refractivity contribution in [1.82, 2.24) is 0 Å². The quantitative estimate of drug-likeness (QED) is 0.477. The molecule has 0 saturated carbocycles. The summed E-state index contributed by atoms with van der Waals surface area (Å²) in [5, 5.41) is 2.61. The average Bonchev–Trinajstić information content (AvgIpc) is 2.27. The van der Waals surface area contributed by atoms with E-state index >= 15 is 0 Å². The molecule has 0 unspecified atom stereocenters. The van der Waals surface area contributed by atoms with E-state index in [0.717, 1.165) is 0 Å². The van der Waals surface area contributed by atoms with Crippen molar-refractivity contribution in [1.29, 1.82) is 0 Å². The number of carbonyl (C=O) groups is 1. The summed E-state index contributed by atoms with van der Waals surface area (Å²) in [6, 6.07) is 4.90. The Labute approximate surface area is 106 Å². The minimum absolute atomic E-state index is 0.0598. The second kappa shape index (κ2) is 5.25. The molecule has 0 fully saturated rings. The lowest BCUT2D eigenvalue weighted by molar-refractivity contribution is -0.247. The van der Waals surface area contributed by atoms with Gasteiger partial charge >= 0.3 is 12.3 Å². The lowest BCUT2D eigenvalue weighted by Crippen LogP contribution is -2.44. The maximum absolute atomic E-state index is 12.5. The molecule has 104 valence electrons. The topological polar surface area (TPSA) is 65.0 Å². The molecule has 0 aliphatic rings. The van der Waals surface area contributed by atoms with Gasteiger partial charge < -0.3 is 9.47 Å². The van der Waals surface area contributed by atoms with Crippen molar-refractivity contribution in [3.05, 3.63) is 29.2 Å². The standard InChI is InChI=1S/C11H10F3NO4/c1-10(2,11(12,13)14)19-9(16)18-8-5-3-7(15-17)4-6-8/h3-6H,1-2H3. The number of nitroso groups, excluding NO2 is 1. The fourth-order valence-electron chi connectivity index (χ4n) is 0.958. The fraction of sp³-hybridized carbons (Fsp3) is 0.364. The zero-order chi connectivity index (χ0) is 14.7. The molecule has 0 atom stereocenters. The number of halogens is 3. The van der Waals surface area contributed by atoms with Crippen LogP contribution < -0.4 is 4.74 Å². The van der Waals surface area contributed by atoms with Crippen LogP contribution in [0.15, 0.2) is 29.4 Å². The zero-order valence-electron chi connectivity index (χ0n) is 10.0. The van der Waals surface area contributed by atoms with Crippen molar-refractivity contribution >= 4 is 11.8 Å². The molecule has 1 rings (SSSR count). The Kier molecular flexibility index (Phi) is 4.13. The van der Waals surface area contributed by atoms with E-state index in [1.54, 1.807) is 0 Å². The molecule has 0 heterocycles. The van der Waals surface area contributed by atoms with Gasteiger partial charge in [0.05, 0.1) is 0 Å². The van der Waals surface area contributed by atoms with Crippen LogP contribution in [-0.2, 0) is 4.74 Å². The Morgan fingerprint density at radius 2 is 1.68 bits per heavy atom. The number of benzene rings is 1. The third-order valence-electron chi connectivity index (χ3n) is 2.16. The number of carbonyl (C=O) groups excluding carboxylic acids is 1. The van der Waals surface area contributed by atoms with E-state index in [0.29, 0.717) is 13.8 Å². The summed E-state index contributed by atoms with van der Waals surface area (Å²) >= 11 is 0. The summed E-state index contributed by atoms with van der Waals surface area (Å²) in [5.41, 5.74) is -2.56. The van der Waals surface area contributed by atoms with Gasteiger partial charge in [0.15, 0.2) is 0 Å². The van der Waals surface area contributed by atoms with Crippen molar-refractivity contribution in [2.75, 3.05) is 0 Å². The van der Waals surface area contributed by atoms with Gasteiger partial charge in [-0.15, -0.1) is 4.91 Å². The van der Waals surface area contributed by atoms with Gasteiger partial charge in [0.1, 0.15) is 11.4 Å². The van der Waals surface area contributed by atoms with E-state index in [-0.39, 0.29) is 11.4 Å². The number of hydrogen-bond donors (Lipinski definition) is 0. The van der Waals surface area contributed by atoms with E-state index in [2.05, 4.69) is 14.7 Å². The molecule has 0 aliphatic carbocycles. The minimum atomic E-state index is -4.71. The van der Waals surface area contributed by atoms with Crippen LogP contribution >= 0.6 is 0 Å². The Morgan fingerprint density at radius 3 is 2.11 bits per heavy atom. The first kappa shape index (κ1) is 14.9. The summed E-state index contributed by atoms with van der Waals surface area (Å²) in [5.74, 6) is -0.0598. The molecule has 0 saturated heterocycles. The average molecular weight is 277 g/mol. The first-order chi connectivity index (χ1) is 8.65. The fourth-order valence-corrected chi connectivity index (χ4v) is 0.958. The molecule has 0 spiro atoms. The molecule has 5 nitrogen and oxygen atoms in total. The number of hydrogen-bond acceptors (Lipinski definition) is 5. The molecular formula is C11H10F3NO4. The Bertz CT molecular complexity index is 468. The van der Waals surface area contributed by atoms with E-state index < -0.39 is 17.9 Å². The number of alkyl halides is 3. The van der Waals surface area contributed by atoms with Crippen molar-refractivity contribution < 1.29 is 27.4 Å². The van der Waals surface area contributed by atoms with Gasteiger partial charge in [-0.3, -0.25) is 0 Å². The van der Waals surface area contributed by atoms with E-state index in [9.17, 15) is 22.9 Å². The van der Waals surface area contributed by atoms with Crippen LogP contribution in [0.3, 0.4) is 0 Å². The van der Waals surface area contributed by atoms with Crippen molar-refractivity contribution in [3.63, 3.8) is 0 Å². The third kappa shape index (κ3) is 3.94. The first-order valence-corrected chi connectivity index (χ1v) is 5.07. The van der Waals surface area contributed by atoms with Gasteiger partial charge in [-0.05, 0) is 43.3 Å². The Balaban J connectivity index is 2.67. The molecular weight excluding hydrogens is 267 g/mol. The van der Waals surface area contributed by atoms with Crippen LogP contribution in [0.5, 0.6) is 5.75 Å². The van der Waals surface area contributed by atoms with Crippen molar-refractivity contribution in [2.45, 2.75) is 25.6 Å². The molecule has 0 aromatic heterocycles. The van der Waals surface area contributed by atoms with Crippen molar-refractivity contribution in [2.24, 2.45) is 5.18 Å². The SMILES string of the molecule is CC(C)(OC(=O)Oc1ccc(N=O)cc1)C(F)(F)F. The predicted molar refractivity (Wildman–Crippen MR) is 59.1 cm³/mol. The van der Waals surface area contributed by atoms with Gasteiger partial charge in [-0.25, -0.2) is 4.79 Å². The maximum Gasteiger partial charge on any atom is 0.514 e. The number of nitrogens with zero attached hydrogens (tertiary/aromatic N) is 1. The normalized spacial score (nSPS) is 11.8. The van der Waals surface area contributed by atoms with Crippen LogP contribution in [-0.4, -0.2) is 17.9 Å². The highest BCUT2D eigenvalue weighted by Crippen LogP contribution is 2.33. The lowest BCUT2D eigenvalue weighted by Gasteiger charge is -2.26. The summed E-state index contributed by atoms with van der Waals surface area (Å²) in [4.78, 5) is 21.3. The zero-order valence-corrected chi connectivity index (χ0v) is 10.0. The molecule has 0 aliphatic heterocycles. The molecule has 1 aromatic carbocycles. The van der Waals surface area contributed by atoms with E-state index in [4.69, 9.17) is 0 Å². The van der Waals surface area contributed by atoms with Crippen LogP contribution in [0.25, 0.3) is 0 Å². The second-order valence-electron chi connectivity index (χ2n) is 4.05. The highest BCUT2D eigenvalue weighted by molar-refractivity contribution is 5.64. The predicted octanol–water partition coefficient (Wildman–Crippen LogP) is 3.94. The lowest BCUT2D eigenvalue weighted by atomic mass is 10.1. The van der Waals surface area contributed by atoms with E-state index in [1.807, 2.05) is 0 Å². The van der Waals surface area contributed by atoms with Gasteiger partial charge in [-0.2, -0.15) is 13.2 Å². The summed E-state index contributed by atoms with van der Waals surface area (Å²) in [6.07, 6.45) is -6.20. The molecule has 0 amide bonds. The minimum Gasteiger partial charge on any atom is -0.418 e. The van der Waals surface area contributed by atoms with Crippen molar-refractivity contribution in [3.8, 4) is 5.75 Å². The molecule has 8 heteroatoms. The second-order valence-corrected chi connectivity index (χ2v) is 4.05. The van der Waals surface area contributed by atoms with Gasteiger partial charge in [0.2, 0.25) is 5.60 Å². The van der Waals surface area contributed by atoms with Crippen LogP contribution in [0.4, 0.5) is 23.7 Å². The summed E-state index contributed by atoms with van der Waals surface area (Å²) in [6.45, 7) is 1.40. The highest BCUT2D eigenvalue weighted by atomic mass is 19.4. The number of ether oxygens (including phenoxy) is 2. The van der Waals surface area contributed by atoms with Crippen LogP contribution in [0.1, 0.15) is 13.8 Å². The van der Waals surface area contributed by atoms with Gasteiger partial charge in [0.25, 0.3) is 0 Å². The molecule has 0 N–H and O–H groups in total. The highest BCUT2D eigenvalue weighted by Gasteiger charge is 2.51. The summed E-state index contributed by atoms with van der Waals surface area (Å²) < 4.78 is 46.1. The maximum atomic E-state index is 12.5. The molecule has 1 aromatic rings. The molecule has 19 heavy (non-hydrogen) atoms. The summed E-state index contributed by atoms with van der Waals surface area (Å²) in [7, 11) is 0. The first-order valence-electron chi connectivity index (χ1n) is 5.07. The Morgan fingerprint density at radius 1 is 1.16 bits per heavy atom. The van der Waals surface area contributed by atoms with Crippen LogP contribution in [0.2, 0.25) is 0 Å². The molecule has 0 bridgehead atoms. The van der Waals surface area contributed by atoms with E-state index in [1.165, 1.54) is 24.3 Å². The number of rotatable bonds is 3. The smallest absolute Gasteiger partial charge is 0.418 e. The van der Waals surface area contributed by atoms with Gasteiger partial charge in [-0.1, -0.05) is 0 Å². The third-order valence-corrected chi connectivity index (χ3v) is 2.16. The van der Waals surface area contributed by atoms with Gasteiger partial charge in [0, 0.05) is 0 Å². The largest absolute Gasteiger partial charge is 0.514 e. The van der Waals surface area contributed by atoms with Crippen LogP contribution in [0, 0.1) is 4.91 Å². The molecule has 0 radical (unpaired) electrons. The monoisotopic (exact) mass is 277 g/mol.